The van der Waals surface area contributed by atoms with Gasteiger partial charge in [0, 0.05) is 17.7 Å². The molecule has 25 heavy (non-hydrogen) atoms. The van der Waals surface area contributed by atoms with Crippen molar-refractivity contribution >= 4 is 23.5 Å². The Bertz CT molecular complexity index is 811. The first-order valence-corrected chi connectivity index (χ1v) is 7.37. The van der Waals surface area contributed by atoms with Crippen LogP contribution < -0.4 is 4.74 Å². The van der Waals surface area contributed by atoms with Gasteiger partial charge in [-0.2, -0.15) is 0 Å². The number of hydrogen-bond donors (Lipinski definition) is 1. The molecule has 0 aliphatic rings. The highest BCUT2D eigenvalue weighted by atomic mass is 16.6. The summed E-state index contributed by atoms with van der Waals surface area (Å²) in [6.45, 7) is 0.0792. The van der Waals surface area contributed by atoms with Crippen molar-refractivity contribution in [3.63, 3.8) is 0 Å². The number of ether oxygens (including phenoxy) is 1. The zero-order chi connectivity index (χ0) is 18.2. The van der Waals surface area contributed by atoms with Crippen LogP contribution in [0.4, 0.5) is 5.69 Å². The third-order valence-electron chi connectivity index (χ3n) is 3.23. The molecule has 7 nitrogen and oxygen atoms in total. The first-order chi connectivity index (χ1) is 12.0. The fraction of sp³-hybridized carbons (Fsp3) is 0.111. The van der Waals surface area contributed by atoms with Crippen molar-refractivity contribution in [2.24, 2.45) is 0 Å². The summed E-state index contributed by atoms with van der Waals surface area (Å²) in [4.78, 5) is 32.7. The molecule has 0 radical (unpaired) electrons. The summed E-state index contributed by atoms with van der Waals surface area (Å²) in [5.41, 5.74) is 0.838. The van der Waals surface area contributed by atoms with Gasteiger partial charge in [-0.25, -0.2) is 0 Å². The van der Waals surface area contributed by atoms with E-state index in [-0.39, 0.29) is 30.1 Å². The van der Waals surface area contributed by atoms with Crippen molar-refractivity contribution in [3.05, 3.63) is 75.8 Å². The second-order valence-electron chi connectivity index (χ2n) is 5.07. The molecule has 7 heteroatoms. The highest BCUT2D eigenvalue weighted by Gasteiger charge is 2.09. The summed E-state index contributed by atoms with van der Waals surface area (Å²) in [6.07, 6.45) is 2.83. The van der Waals surface area contributed by atoms with Crippen LogP contribution in [0.1, 0.15) is 22.3 Å². The van der Waals surface area contributed by atoms with Crippen molar-refractivity contribution in [2.45, 2.75) is 6.42 Å². The van der Waals surface area contributed by atoms with E-state index in [1.165, 1.54) is 30.3 Å². The van der Waals surface area contributed by atoms with Crippen LogP contribution in [0.15, 0.2) is 54.6 Å². The topological polar surface area (TPSA) is 107 Å². The van der Waals surface area contributed by atoms with Gasteiger partial charge in [0.05, 0.1) is 18.0 Å². The molecule has 0 amide bonds. The lowest BCUT2D eigenvalue weighted by atomic mass is 10.1. The standard InChI is InChI=1S/C18H15NO6/c20-17(14-2-1-3-15(12-14)19(23)24)9-6-13-4-7-16(8-5-13)25-11-10-18(21)22/h1-9,12H,10-11H2,(H,21,22)/b9-6+. The molecule has 0 spiro atoms. The highest BCUT2D eigenvalue weighted by molar-refractivity contribution is 6.07. The Morgan fingerprint density at radius 1 is 1.16 bits per heavy atom. The number of nitro benzene ring substituents is 1. The molecule has 2 rings (SSSR count). The second kappa shape index (κ2) is 8.39. The number of rotatable bonds is 8. The van der Waals surface area contributed by atoms with Crippen LogP contribution in [-0.2, 0) is 4.79 Å². The van der Waals surface area contributed by atoms with E-state index in [9.17, 15) is 19.7 Å². The average Bonchev–Trinajstić information content (AvgIpc) is 2.60. The van der Waals surface area contributed by atoms with Gasteiger partial charge in [0.2, 0.25) is 0 Å². The van der Waals surface area contributed by atoms with Gasteiger partial charge in [-0.15, -0.1) is 0 Å². The molecule has 0 heterocycles. The third kappa shape index (κ3) is 5.58. The van der Waals surface area contributed by atoms with E-state index < -0.39 is 10.9 Å². The van der Waals surface area contributed by atoms with E-state index in [2.05, 4.69) is 0 Å². The normalized spacial score (nSPS) is 10.6. The molecule has 0 saturated carbocycles. The lowest BCUT2D eigenvalue weighted by Gasteiger charge is -2.04. The number of benzene rings is 2. The van der Waals surface area contributed by atoms with Crippen molar-refractivity contribution in [1.29, 1.82) is 0 Å². The lowest BCUT2D eigenvalue weighted by Crippen LogP contribution is -2.04. The zero-order valence-corrected chi connectivity index (χ0v) is 13.1. The number of non-ortho nitro benzene ring substituents is 1. The maximum absolute atomic E-state index is 12.1. The lowest BCUT2D eigenvalue weighted by molar-refractivity contribution is -0.384. The Morgan fingerprint density at radius 3 is 2.52 bits per heavy atom. The molecule has 0 saturated heterocycles. The number of nitro groups is 1. The Kier molecular flexibility index (Phi) is 6.00. The van der Waals surface area contributed by atoms with Gasteiger partial charge >= 0.3 is 5.97 Å². The smallest absolute Gasteiger partial charge is 0.306 e. The van der Waals surface area contributed by atoms with E-state index >= 15 is 0 Å². The largest absolute Gasteiger partial charge is 0.493 e. The summed E-state index contributed by atoms with van der Waals surface area (Å²) in [5, 5.41) is 19.3. The molecule has 0 aromatic heterocycles. The van der Waals surface area contributed by atoms with Crippen LogP contribution in [0.5, 0.6) is 5.75 Å². The first kappa shape index (κ1) is 17.9. The molecular weight excluding hydrogens is 326 g/mol. The molecule has 0 aliphatic heterocycles. The molecule has 0 bridgehead atoms. The van der Waals surface area contributed by atoms with Crippen LogP contribution in [0, 0.1) is 10.1 Å². The van der Waals surface area contributed by atoms with Gasteiger partial charge < -0.3 is 9.84 Å². The van der Waals surface area contributed by atoms with Gasteiger partial charge in [0.25, 0.3) is 5.69 Å². The van der Waals surface area contributed by atoms with Crippen molar-refractivity contribution in [1.82, 2.24) is 0 Å². The fourth-order valence-electron chi connectivity index (χ4n) is 1.97. The Labute approximate surface area is 143 Å². The Morgan fingerprint density at radius 2 is 1.88 bits per heavy atom. The Balaban J connectivity index is 1.99. The van der Waals surface area contributed by atoms with Crippen LogP contribution in [0.25, 0.3) is 6.08 Å². The number of carbonyl (C=O) groups is 2. The van der Waals surface area contributed by atoms with Gasteiger partial charge in [0.15, 0.2) is 5.78 Å². The number of nitrogens with zero attached hydrogens (tertiary/aromatic N) is 1. The molecule has 0 unspecified atom stereocenters. The highest BCUT2D eigenvalue weighted by Crippen LogP contribution is 2.16. The predicted octanol–water partition coefficient (Wildman–Crippen LogP) is 3.34. The predicted molar refractivity (Wildman–Crippen MR) is 90.7 cm³/mol. The van der Waals surface area contributed by atoms with Crippen LogP contribution in [-0.4, -0.2) is 28.4 Å². The summed E-state index contributed by atoms with van der Waals surface area (Å²) in [7, 11) is 0. The van der Waals surface area contributed by atoms with Crippen molar-refractivity contribution < 1.29 is 24.4 Å². The third-order valence-corrected chi connectivity index (χ3v) is 3.23. The number of ketones is 1. The molecule has 1 N–H and O–H groups in total. The number of hydrogen-bond acceptors (Lipinski definition) is 5. The van der Waals surface area contributed by atoms with Crippen LogP contribution in [0.2, 0.25) is 0 Å². The monoisotopic (exact) mass is 341 g/mol. The number of carbonyl (C=O) groups excluding carboxylic acids is 1. The minimum atomic E-state index is -0.931. The second-order valence-corrected chi connectivity index (χ2v) is 5.07. The molecule has 2 aromatic rings. The van der Waals surface area contributed by atoms with Crippen LogP contribution >= 0.6 is 0 Å². The molecule has 0 aliphatic carbocycles. The van der Waals surface area contributed by atoms with Crippen molar-refractivity contribution in [3.8, 4) is 5.75 Å². The molecular formula is C18H15NO6. The molecule has 0 atom stereocenters. The zero-order valence-electron chi connectivity index (χ0n) is 13.1. The summed E-state index contributed by atoms with van der Waals surface area (Å²) >= 11 is 0. The summed E-state index contributed by atoms with van der Waals surface area (Å²) < 4.78 is 5.27. The molecule has 2 aromatic carbocycles. The molecule has 128 valence electrons. The minimum Gasteiger partial charge on any atom is -0.493 e. The first-order valence-electron chi connectivity index (χ1n) is 7.37. The number of aliphatic carboxylic acids is 1. The van der Waals surface area contributed by atoms with E-state index in [4.69, 9.17) is 9.84 Å². The summed E-state index contributed by atoms with van der Waals surface area (Å²) in [5.74, 6) is -0.742. The van der Waals surface area contributed by atoms with E-state index in [1.807, 2.05) is 0 Å². The maximum atomic E-state index is 12.1. The maximum Gasteiger partial charge on any atom is 0.306 e. The quantitative estimate of drug-likeness (QED) is 0.341. The SMILES string of the molecule is O=C(O)CCOc1ccc(/C=C/C(=O)c2cccc([N+](=O)[O-])c2)cc1. The fourth-order valence-corrected chi connectivity index (χ4v) is 1.97. The number of carboxylic acid groups (broad SMARTS) is 1. The van der Waals surface area contributed by atoms with Crippen LogP contribution in [0.3, 0.4) is 0 Å². The van der Waals surface area contributed by atoms with Gasteiger partial charge in [-0.1, -0.05) is 30.3 Å². The van der Waals surface area contributed by atoms with Gasteiger partial charge in [-0.05, 0) is 23.8 Å². The number of allylic oxidation sites excluding steroid dienone is 1. The van der Waals surface area contributed by atoms with E-state index in [0.717, 1.165) is 5.56 Å². The Hall–Kier alpha value is -3.48. The van der Waals surface area contributed by atoms with E-state index in [1.54, 1.807) is 30.3 Å². The van der Waals surface area contributed by atoms with Crippen molar-refractivity contribution in [2.75, 3.05) is 6.61 Å². The van der Waals surface area contributed by atoms with Gasteiger partial charge in [-0.3, -0.25) is 19.7 Å². The minimum absolute atomic E-state index is 0.0792. The average molecular weight is 341 g/mol. The molecule has 0 fully saturated rings. The number of carboxylic acids is 1. The van der Waals surface area contributed by atoms with E-state index in [0.29, 0.717) is 5.75 Å². The van der Waals surface area contributed by atoms with Gasteiger partial charge in [0.1, 0.15) is 5.75 Å². The summed E-state index contributed by atoms with van der Waals surface area (Å²) in [6, 6.07) is 12.3.